The zero-order chi connectivity index (χ0) is 13.9. The summed E-state index contributed by atoms with van der Waals surface area (Å²) in [7, 11) is 0. The minimum absolute atomic E-state index is 0.670. The van der Waals surface area contributed by atoms with E-state index in [0.29, 0.717) is 5.95 Å². The normalized spacial score (nSPS) is 14.1. The van der Waals surface area contributed by atoms with Crippen LogP contribution in [-0.2, 0) is 12.8 Å². The first-order valence-corrected chi connectivity index (χ1v) is 7.90. The second kappa shape index (κ2) is 5.91. The second-order valence-electron chi connectivity index (χ2n) is 5.01. The van der Waals surface area contributed by atoms with Gasteiger partial charge in [-0.2, -0.15) is 4.98 Å². The lowest BCUT2D eigenvalue weighted by molar-refractivity contribution is 0.653. The predicted octanol–water partition coefficient (Wildman–Crippen LogP) is 3.13. The summed E-state index contributed by atoms with van der Waals surface area (Å²) >= 11 is 3.55. The van der Waals surface area contributed by atoms with Gasteiger partial charge in [0.1, 0.15) is 6.33 Å². The first kappa shape index (κ1) is 13.5. The lowest BCUT2D eigenvalue weighted by Gasteiger charge is -2.15. The van der Waals surface area contributed by atoms with E-state index in [1.165, 1.54) is 24.2 Å². The monoisotopic (exact) mass is 335 g/mol. The van der Waals surface area contributed by atoms with Crippen LogP contribution in [0.25, 0.3) is 5.82 Å². The minimum Gasteiger partial charge on any atom is -0.354 e. The number of fused-ring (bicyclic) bond motifs is 1. The van der Waals surface area contributed by atoms with Crippen LogP contribution >= 0.6 is 15.9 Å². The molecule has 0 spiro atoms. The molecule has 2 aromatic heterocycles. The molecular formula is C14H18BrN5. The van der Waals surface area contributed by atoms with Crippen LogP contribution in [0.15, 0.2) is 17.0 Å². The van der Waals surface area contributed by atoms with E-state index >= 15 is 0 Å². The van der Waals surface area contributed by atoms with Crippen molar-refractivity contribution in [3.8, 4) is 5.82 Å². The maximum atomic E-state index is 4.61. The Morgan fingerprint density at radius 3 is 3.00 bits per heavy atom. The summed E-state index contributed by atoms with van der Waals surface area (Å²) in [6, 6.07) is 0. The van der Waals surface area contributed by atoms with Crippen molar-refractivity contribution in [3.05, 3.63) is 28.4 Å². The molecule has 106 valence electrons. The zero-order valence-corrected chi connectivity index (χ0v) is 13.2. The van der Waals surface area contributed by atoms with Crippen molar-refractivity contribution in [1.29, 1.82) is 0 Å². The van der Waals surface area contributed by atoms with E-state index in [4.69, 9.17) is 0 Å². The number of nitrogens with one attached hydrogen (secondary N) is 1. The van der Waals surface area contributed by atoms with Crippen molar-refractivity contribution in [3.63, 3.8) is 0 Å². The van der Waals surface area contributed by atoms with Gasteiger partial charge in [0.2, 0.25) is 5.95 Å². The Kier molecular flexibility index (Phi) is 4.00. The van der Waals surface area contributed by atoms with Crippen molar-refractivity contribution >= 4 is 21.9 Å². The van der Waals surface area contributed by atoms with Gasteiger partial charge < -0.3 is 5.32 Å². The number of hydrogen-bond donors (Lipinski definition) is 1. The van der Waals surface area contributed by atoms with Crippen molar-refractivity contribution < 1.29 is 0 Å². The summed E-state index contributed by atoms with van der Waals surface area (Å²) in [5.41, 5.74) is 2.50. The molecule has 0 aromatic carbocycles. The zero-order valence-electron chi connectivity index (χ0n) is 11.6. The highest BCUT2D eigenvalue weighted by atomic mass is 79.9. The molecule has 6 heteroatoms. The molecule has 0 unspecified atom stereocenters. The highest BCUT2D eigenvalue weighted by Crippen LogP contribution is 2.26. The number of nitrogens with zero attached hydrogens (tertiary/aromatic N) is 4. The van der Waals surface area contributed by atoms with E-state index in [1.807, 2.05) is 6.33 Å². The Morgan fingerprint density at radius 1 is 1.30 bits per heavy atom. The minimum atomic E-state index is 0.670. The van der Waals surface area contributed by atoms with Crippen LogP contribution in [0.2, 0.25) is 0 Å². The molecule has 5 nitrogen and oxygen atoms in total. The lowest BCUT2D eigenvalue weighted by Crippen LogP contribution is -2.11. The molecule has 2 heterocycles. The van der Waals surface area contributed by atoms with Gasteiger partial charge in [0.25, 0.3) is 0 Å². The van der Waals surface area contributed by atoms with Crippen LogP contribution in [0.4, 0.5) is 5.95 Å². The molecule has 1 aliphatic rings. The van der Waals surface area contributed by atoms with Gasteiger partial charge in [-0.05, 0) is 48.0 Å². The number of rotatable bonds is 4. The van der Waals surface area contributed by atoms with Crippen LogP contribution < -0.4 is 5.32 Å². The van der Waals surface area contributed by atoms with Crippen LogP contribution in [0.5, 0.6) is 0 Å². The Bertz CT molecular complexity index is 608. The third-order valence-electron chi connectivity index (χ3n) is 3.52. The quantitative estimate of drug-likeness (QED) is 0.932. The van der Waals surface area contributed by atoms with Gasteiger partial charge >= 0.3 is 0 Å². The van der Waals surface area contributed by atoms with Crippen LogP contribution in [-0.4, -0.2) is 26.1 Å². The SMILES string of the molecule is CCCNc1ncc(Br)c(-n2cnc3c2CCCC3)n1. The summed E-state index contributed by atoms with van der Waals surface area (Å²) in [5, 5.41) is 3.23. The van der Waals surface area contributed by atoms with Gasteiger partial charge in [0, 0.05) is 18.4 Å². The molecule has 0 bridgehead atoms. The number of hydrogen-bond acceptors (Lipinski definition) is 4. The largest absolute Gasteiger partial charge is 0.354 e. The number of aryl methyl sites for hydroxylation is 1. The van der Waals surface area contributed by atoms with E-state index < -0.39 is 0 Å². The van der Waals surface area contributed by atoms with Crippen LogP contribution in [0, 0.1) is 0 Å². The van der Waals surface area contributed by atoms with Gasteiger partial charge in [-0.15, -0.1) is 0 Å². The van der Waals surface area contributed by atoms with E-state index in [0.717, 1.165) is 36.1 Å². The van der Waals surface area contributed by atoms with Gasteiger partial charge in [0.15, 0.2) is 5.82 Å². The molecule has 0 saturated carbocycles. The standard InChI is InChI=1S/C14H18BrN5/c1-2-7-16-14-17-8-10(15)13(19-14)20-9-18-11-5-3-4-6-12(11)20/h8-9H,2-7H2,1H3,(H,16,17,19). The van der Waals surface area contributed by atoms with Gasteiger partial charge in [-0.1, -0.05) is 6.92 Å². The molecule has 0 atom stereocenters. The number of anilines is 1. The fourth-order valence-electron chi connectivity index (χ4n) is 2.50. The van der Waals surface area contributed by atoms with Crippen molar-refractivity contribution in [2.75, 3.05) is 11.9 Å². The summed E-state index contributed by atoms with van der Waals surface area (Å²) in [5.74, 6) is 1.54. The Morgan fingerprint density at radius 2 is 2.15 bits per heavy atom. The molecule has 0 radical (unpaired) electrons. The molecule has 0 saturated heterocycles. The fourth-order valence-corrected chi connectivity index (χ4v) is 2.88. The van der Waals surface area contributed by atoms with E-state index in [1.54, 1.807) is 6.20 Å². The fraction of sp³-hybridized carbons (Fsp3) is 0.500. The third kappa shape index (κ3) is 2.57. The second-order valence-corrected chi connectivity index (χ2v) is 5.86. The number of halogens is 1. The summed E-state index contributed by atoms with van der Waals surface area (Å²) in [4.78, 5) is 13.4. The van der Waals surface area contributed by atoms with E-state index in [2.05, 4.69) is 47.7 Å². The van der Waals surface area contributed by atoms with Crippen molar-refractivity contribution in [1.82, 2.24) is 19.5 Å². The molecule has 0 aliphatic heterocycles. The Hall–Kier alpha value is -1.43. The van der Waals surface area contributed by atoms with Crippen LogP contribution in [0.3, 0.4) is 0 Å². The smallest absolute Gasteiger partial charge is 0.224 e. The maximum Gasteiger partial charge on any atom is 0.224 e. The predicted molar refractivity (Wildman–Crippen MR) is 82.3 cm³/mol. The topological polar surface area (TPSA) is 55.6 Å². The van der Waals surface area contributed by atoms with Gasteiger partial charge in [-0.25, -0.2) is 9.97 Å². The highest BCUT2D eigenvalue weighted by molar-refractivity contribution is 9.10. The Balaban J connectivity index is 1.98. The van der Waals surface area contributed by atoms with Gasteiger partial charge in [-0.3, -0.25) is 4.57 Å². The van der Waals surface area contributed by atoms with Crippen LogP contribution in [0.1, 0.15) is 37.6 Å². The van der Waals surface area contributed by atoms with Crippen molar-refractivity contribution in [2.45, 2.75) is 39.0 Å². The van der Waals surface area contributed by atoms with E-state index in [-0.39, 0.29) is 0 Å². The summed E-state index contributed by atoms with van der Waals surface area (Å²) < 4.78 is 2.99. The average molecular weight is 336 g/mol. The molecule has 1 N–H and O–H groups in total. The molecular weight excluding hydrogens is 318 g/mol. The number of aromatic nitrogens is 4. The average Bonchev–Trinajstić information content (AvgIpc) is 2.90. The Labute approximate surface area is 127 Å². The first-order chi connectivity index (χ1) is 9.79. The molecule has 0 amide bonds. The van der Waals surface area contributed by atoms with Gasteiger partial charge in [0.05, 0.1) is 10.2 Å². The molecule has 1 aliphatic carbocycles. The molecule has 3 rings (SSSR count). The molecule has 0 fully saturated rings. The molecule has 20 heavy (non-hydrogen) atoms. The number of imidazole rings is 1. The maximum absolute atomic E-state index is 4.61. The highest BCUT2D eigenvalue weighted by Gasteiger charge is 2.18. The third-order valence-corrected chi connectivity index (χ3v) is 4.08. The lowest BCUT2D eigenvalue weighted by atomic mass is 10.0. The summed E-state index contributed by atoms with van der Waals surface area (Å²) in [6.45, 7) is 3.00. The van der Waals surface area contributed by atoms with E-state index in [9.17, 15) is 0 Å². The van der Waals surface area contributed by atoms with Crippen molar-refractivity contribution in [2.24, 2.45) is 0 Å². The molecule has 2 aromatic rings. The summed E-state index contributed by atoms with van der Waals surface area (Å²) in [6.07, 6.45) is 9.34. The first-order valence-electron chi connectivity index (χ1n) is 7.11.